The third kappa shape index (κ3) is 5.45. The fourth-order valence-electron chi connectivity index (χ4n) is 2.91. The lowest BCUT2D eigenvalue weighted by Crippen LogP contribution is -2.35. The molecule has 1 fully saturated rings. The maximum absolute atomic E-state index is 12.9. The molecule has 0 atom stereocenters. The molecule has 8 nitrogen and oxygen atoms in total. The molecule has 9 heteroatoms. The predicted octanol–water partition coefficient (Wildman–Crippen LogP) is 2.06. The summed E-state index contributed by atoms with van der Waals surface area (Å²) in [7, 11) is -0.0331. The molecule has 0 radical (unpaired) electrons. The normalized spacial score (nSPS) is 15.3. The van der Waals surface area contributed by atoms with Gasteiger partial charge in [0.2, 0.25) is 10.0 Å². The van der Waals surface area contributed by atoms with Crippen molar-refractivity contribution in [3.05, 3.63) is 18.2 Å². The third-order valence-electron chi connectivity index (χ3n) is 4.49. The van der Waals surface area contributed by atoms with Gasteiger partial charge in [0.15, 0.2) is 6.61 Å². The zero-order chi connectivity index (χ0) is 20.9. The molecule has 1 saturated heterocycles. The lowest BCUT2D eigenvalue weighted by molar-refractivity contribution is -0.150. The number of carbonyl (C=O) groups excluding carboxylic acids is 2. The Hall–Kier alpha value is -2.13. The van der Waals surface area contributed by atoms with E-state index in [1.807, 2.05) is 0 Å². The lowest BCUT2D eigenvalue weighted by atomic mass is 10.2. The van der Waals surface area contributed by atoms with Crippen molar-refractivity contribution in [2.75, 3.05) is 44.0 Å². The molecule has 156 valence electrons. The Balaban J connectivity index is 2.23. The minimum atomic E-state index is -3.62. The van der Waals surface area contributed by atoms with E-state index < -0.39 is 28.5 Å². The average molecular weight is 412 g/mol. The van der Waals surface area contributed by atoms with Crippen LogP contribution in [0.4, 0.5) is 11.4 Å². The van der Waals surface area contributed by atoms with E-state index in [2.05, 4.69) is 5.32 Å². The summed E-state index contributed by atoms with van der Waals surface area (Å²) in [6, 6.07) is 4.67. The van der Waals surface area contributed by atoms with Crippen LogP contribution in [0.3, 0.4) is 0 Å². The van der Waals surface area contributed by atoms with Gasteiger partial charge >= 0.3 is 5.97 Å². The molecule has 0 saturated carbocycles. The molecule has 1 heterocycles. The van der Waals surface area contributed by atoms with Crippen LogP contribution < -0.4 is 10.2 Å². The molecule has 0 bridgehead atoms. The molecule has 1 amide bonds. The highest BCUT2D eigenvalue weighted by molar-refractivity contribution is 7.89. The van der Waals surface area contributed by atoms with Crippen molar-refractivity contribution in [1.29, 1.82) is 0 Å². The summed E-state index contributed by atoms with van der Waals surface area (Å²) in [4.78, 5) is 25.7. The summed E-state index contributed by atoms with van der Waals surface area (Å²) >= 11 is 0. The third-order valence-corrected chi connectivity index (χ3v) is 6.39. The Bertz CT molecular complexity index is 815. The Labute approximate surface area is 166 Å². The van der Waals surface area contributed by atoms with Gasteiger partial charge in [-0.15, -0.1) is 0 Å². The lowest BCUT2D eigenvalue weighted by Gasteiger charge is -2.26. The van der Waals surface area contributed by atoms with Crippen molar-refractivity contribution in [3.63, 3.8) is 0 Å². The number of amides is 1. The molecular weight excluding hydrogens is 382 g/mol. The van der Waals surface area contributed by atoms with Gasteiger partial charge in [-0.25, -0.2) is 8.42 Å². The first-order valence-electron chi connectivity index (χ1n) is 9.41. The molecule has 28 heavy (non-hydrogen) atoms. The number of hydrogen-bond acceptors (Lipinski definition) is 6. The van der Waals surface area contributed by atoms with Gasteiger partial charge in [0.25, 0.3) is 5.91 Å². The first-order valence-corrected chi connectivity index (χ1v) is 10.8. The molecule has 0 unspecified atom stereocenters. The number of sulfonamides is 1. The summed E-state index contributed by atoms with van der Waals surface area (Å²) in [5, 5.41) is 2.66. The van der Waals surface area contributed by atoms with E-state index >= 15 is 0 Å². The number of nitrogens with zero attached hydrogens (tertiary/aromatic N) is 2. The van der Waals surface area contributed by atoms with Crippen molar-refractivity contribution in [2.24, 2.45) is 5.92 Å². The van der Waals surface area contributed by atoms with Crippen LogP contribution in [0.25, 0.3) is 0 Å². The number of anilines is 2. The topological polar surface area (TPSA) is 96.0 Å². The van der Waals surface area contributed by atoms with E-state index in [1.54, 1.807) is 45.0 Å². The summed E-state index contributed by atoms with van der Waals surface area (Å²) in [6.07, 6.45) is 2.72. The predicted molar refractivity (Wildman–Crippen MR) is 108 cm³/mol. The summed E-state index contributed by atoms with van der Waals surface area (Å²) in [5.74, 6) is -1.32. The van der Waals surface area contributed by atoms with Gasteiger partial charge in [0.05, 0.1) is 22.2 Å². The molecule has 1 aliphatic rings. The van der Waals surface area contributed by atoms with Gasteiger partial charge in [-0.2, -0.15) is 4.31 Å². The molecule has 0 aromatic heterocycles. The highest BCUT2D eigenvalue weighted by atomic mass is 32.2. The number of hydrogen-bond donors (Lipinski definition) is 1. The molecule has 1 aliphatic heterocycles. The Kier molecular flexibility index (Phi) is 7.42. The zero-order valence-electron chi connectivity index (χ0n) is 16.9. The number of piperidine rings is 1. The van der Waals surface area contributed by atoms with Crippen molar-refractivity contribution in [2.45, 2.75) is 38.0 Å². The molecule has 1 N–H and O–H groups in total. The fourth-order valence-corrected chi connectivity index (χ4v) is 4.45. The number of benzene rings is 1. The van der Waals surface area contributed by atoms with Crippen LogP contribution in [-0.2, 0) is 24.3 Å². The first kappa shape index (κ1) is 22.2. The Morgan fingerprint density at radius 1 is 1.18 bits per heavy atom. The zero-order valence-corrected chi connectivity index (χ0v) is 17.7. The molecule has 0 aliphatic carbocycles. The largest absolute Gasteiger partial charge is 0.455 e. The van der Waals surface area contributed by atoms with Crippen LogP contribution in [0.1, 0.15) is 33.1 Å². The highest BCUT2D eigenvalue weighted by Gasteiger charge is 2.27. The second kappa shape index (κ2) is 9.38. The van der Waals surface area contributed by atoms with Crippen LogP contribution in [0.15, 0.2) is 23.1 Å². The van der Waals surface area contributed by atoms with Crippen molar-refractivity contribution >= 4 is 33.3 Å². The number of carbonyl (C=O) groups is 2. The molecule has 0 spiro atoms. The standard InChI is InChI=1S/C19H29N3O5S/c1-14(2)19(24)27-13-18(23)20-16-12-15(8-9-17(16)21(3)4)28(25,26)22-10-6-5-7-11-22/h8-9,12,14H,5-7,10-11,13H2,1-4H3,(H,20,23). The van der Waals surface area contributed by atoms with Crippen LogP contribution >= 0.6 is 0 Å². The summed E-state index contributed by atoms with van der Waals surface area (Å²) in [5.41, 5.74) is 1.01. The van der Waals surface area contributed by atoms with E-state index in [-0.39, 0.29) is 10.8 Å². The molecule has 2 rings (SSSR count). The van der Waals surface area contributed by atoms with Gasteiger partial charge in [0, 0.05) is 27.2 Å². The fraction of sp³-hybridized carbons (Fsp3) is 0.579. The SMILES string of the molecule is CC(C)C(=O)OCC(=O)Nc1cc(S(=O)(=O)N2CCCCC2)ccc1N(C)C. The van der Waals surface area contributed by atoms with Gasteiger partial charge in [-0.3, -0.25) is 9.59 Å². The van der Waals surface area contributed by atoms with Crippen LogP contribution in [0.5, 0.6) is 0 Å². The molecule has 1 aromatic carbocycles. The van der Waals surface area contributed by atoms with E-state index in [1.165, 1.54) is 10.4 Å². The molecule has 1 aromatic rings. The minimum Gasteiger partial charge on any atom is -0.455 e. The second-order valence-corrected chi connectivity index (χ2v) is 9.29. The van der Waals surface area contributed by atoms with Gasteiger partial charge in [-0.05, 0) is 31.0 Å². The van der Waals surface area contributed by atoms with Crippen molar-refractivity contribution < 1.29 is 22.7 Å². The Morgan fingerprint density at radius 2 is 1.82 bits per heavy atom. The van der Waals surface area contributed by atoms with E-state index in [0.717, 1.165) is 19.3 Å². The number of esters is 1. The van der Waals surface area contributed by atoms with Crippen molar-refractivity contribution in [1.82, 2.24) is 4.31 Å². The average Bonchev–Trinajstić information content (AvgIpc) is 2.66. The van der Waals surface area contributed by atoms with Crippen LogP contribution in [0, 0.1) is 5.92 Å². The second-order valence-electron chi connectivity index (χ2n) is 7.35. The van der Waals surface area contributed by atoms with Gasteiger partial charge in [-0.1, -0.05) is 20.3 Å². The maximum atomic E-state index is 12.9. The van der Waals surface area contributed by atoms with Gasteiger partial charge < -0.3 is 15.0 Å². The highest BCUT2D eigenvalue weighted by Crippen LogP contribution is 2.30. The van der Waals surface area contributed by atoms with E-state index in [9.17, 15) is 18.0 Å². The van der Waals surface area contributed by atoms with Crippen LogP contribution in [-0.4, -0.2) is 58.4 Å². The Morgan fingerprint density at radius 3 is 2.39 bits per heavy atom. The van der Waals surface area contributed by atoms with E-state index in [4.69, 9.17) is 4.74 Å². The van der Waals surface area contributed by atoms with E-state index in [0.29, 0.717) is 24.5 Å². The number of rotatable bonds is 7. The smallest absolute Gasteiger partial charge is 0.308 e. The number of ether oxygens (including phenoxy) is 1. The monoisotopic (exact) mass is 411 g/mol. The minimum absolute atomic E-state index is 0.134. The summed E-state index contributed by atoms with van der Waals surface area (Å²) < 4.78 is 32.3. The quantitative estimate of drug-likeness (QED) is 0.690. The first-order chi connectivity index (χ1) is 13.1. The van der Waals surface area contributed by atoms with Crippen LogP contribution in [0.2, 0.25) is 0 Å². The number of nitrogens with one attached hydrogen (secondary N) is 1. The summed E-state index contributed by atoms with van der Waals surface area (Å²) in [6.45, 7) is 3.95. The van der Waals surface area contributed by atoms with Gasteiger partial charge in [0.1, 0.15) is 0 Å². The molecular formula is C19H29N3O5S. The van der Waals surface area contributed by atoms with Crippen molar-refractivity contribution in [3.8, 4) is 0 Å². The maximum Gasteiger partial charge on any atom is 0.308 e.